The number of dihydropyridines is 1. The van der Waals surface area contributed by atoms with Gasteiger partial charge in [0.15, 0.2) is 0 Å². The van der Waals surface area contributed by atoms with E-state index >= 15 is 0 Å². The average molecular weight is 687 g/mol. The van der Waals surface area contributed by atoms with Gasteiger partial charge in [-0.3, -0.25) is 15.0 Å². The minimum Gasteiger partial charge on any atom is -0.494 e. The van der Waals surface area contributed by atoms with Gasteiger partial charge in [-0.1, -0.05) is 25.5 Å². The molecule has 2 amide bonds. The van der Waals surface area contributed by atoms with Crippen molar-refractivity contribution in [3.05, 3.63) is 75.3 Å². The van der Waals surface area contributed by atoms with Gasteiger partial charge in [0, 0.05) is 49.3 Å². The van der Waals surface area contributed by atoms with Gasteiger partial charge < -0.3 is 36.6 Å². The highest BCUT2D eigenvalue weighted by Crippen LogP contribution is 2.38. The highest BCUT2D eigenvalue weighted by molar-refractivity contribution is 8.03. The minimum atomic E-state index is -0.225. The van der Waals surface area contributed by atoms with Gasteiger partial charge in [0.25, 0.3) is 11.8 Å². The fourth-order valence-electron chi connectivity index (χ4n) is 6.01. The van der Waals surface area contributed by atoms with Crippen LogP contribution < -0.4 is 31.7 Å². The molecule has 1 unspecified atom stereocenters. The molecule has 1 aromatic carbocycles. The molecule has 1 aromatic rings. The van der Waals surface area contributed by atoms with E-state index in [0.717, 1.165) is 67.3 Å². The van der Waals surface area contributed by atoms with Crippen molar-refractivity contribution in [2.45, 2.75) is 70.6 Å². The molecule has 2 heterocycles. The number of nitrogens with two attached hydrogens (primary N) is 1. The molecule has 2 aliphatic heterocycles. The highest BCUT2D eigenvalue weighted by atomic mass is 32.2. The third kappa shape index (κ3) is 8.78. The number of aliphatic imine (C=N–C) groups is 1. The molecular weight excluding hydrogens is 637 g/mol. The van der Waals surface area contributed by atoms with Crippen molar-refractivity contribution in [1.82, 2.24) is 20.9 Å². The van der Waals surface area contributed by atoms with Gasteiger partial charge in [0.05, 0.1) is 36.1 Å². The number of nitrogens with zero attached hydrogens (tertiary/aromatic N) is 2. The Bertz CT molecular complexity index is 1660. The summed E-state index contributed by atoms with van der Waals surface area (Å²) in [6, 6.07) is 3.90. The Morgan fingerprint density at radius 3 is 2.63 bits per heavy atom. The number of thioether (sulfide) groups is 1. The van der Waals surface area contributed by atoms with Crippen LogP contribution in [0.1, 0.15) is 69.4 Å². The highest BCUT2D eigenvalue weighted by Gasteiger charge is 2.30. The summed E-state index contributed by atoms with van der Waals surface area (Å²) in [5, 5.41) is 22.6. The van der Waals surface area contributed by atoms with Crippen LogP contribution in [0.3, 0.4) is 0 Å². The molecule has 49 heavy (non-hydrogen) atoms. The van der Waals surface area contributed by atoms with Crippen LogP contribution in [0.25, 0.3) is 5.57 Å². The largest absolute Gasteiger partial charge is 0.494 e. The predicted molar refractivity (Wildman–Crippen MR) is 200 cm³/mol. The first-order valence-corrected chi connectivity index (χ1v) is 18.1. The van der Waals surface area contributed by atoms with E-state index in [-0.39, 0.29) is 34.7 Å². The van der Waals surface area contributed by atoms with Gasteiger partial charge in [-0.25, -0.2) is 0 Å². The van der Waals surface area contributed by atoms with E-state index in [1.54, 1.807) is 29.8 Å². The van der Waals surface area contributed by atoms with Crippen LogP contribution in [0, 0.1) is 18.3 Å². The smallest absolute Gasteiger partial charge is 0.269 e. The predicted octanol–water partition coefficient (Wildman–Crippen LogP) is 5.29. The summed E-state index contributed by atoms with van der Waals surface area (Å²) in [4.78, 5) is 33.0. The number of methoxy groups -OCH3 is 1. The number of hydrogen-bond acceptors (Lipinski definition) is 9. The number of ether oxygens (including phenoxy) is 1. The SMILES string of the molecule is CCCCC1=CNC(CN(C)C(=O)C2=CC=C(c3c(C)ccc(N/C(=C/C(N)=NC(=O)C4CC4)C(=N)C(NC)=C4CCC4)c3OC)CN2)S1. The molecule has 7 N–H and O–H groups in total. The van der Waals surface area contributed by atoms with Gasteiger partial charge in [-0.2, -0.15) is 4.99 Å². The van der Waals surface area contributed by atoms with Crippen LogP contribution in [0.2, 0.25) is 0 Å². The number of hydrogen-bond donors (Lipinski definition) is 6. The zero-order valence-electron chi connectivity index (χ0n) is 29.3. The quantitative estimate of drug-likeness (QED) is 0.107. The fourth-order valence-corrected chi connectivity index (χ4v) is 7.21. The summed E-state index contributed by atoms with van der Waals surface area (Å²) in [7, 11) is 5.26. The first-order chi connectivity index (χ1) is 23.6. The number of benzene rings is 1. The van der Waals surface area contributed by atoms with E-state index in [0.29, 0.717) is 35.9 Å². The Kier molecular flexibility index (Phi) is 11.9. The normalized spacial score (nSPS) is 19.0. The Morgan fingerprint density at radius 2 is 2.02 bits per heavy atom. The molecule has 262 valence electrons. The monoisotopic (exact) mass is 686 g/mol. The van der Waals surface area contributed by atoms with Crippen molar-refractivity contribution < 1.29 is 14.3 Å². The summed E-state index contributed by atoms with van der Waals surface area (Å²) in [6.07, 6.45) is 15.4. The lowest BCUT2D eigenvalue weighted by Crippen LogP contribution is -2.40. The maximum atomic E-state index is 13.4. The molecule has 1 atom stereocenters. The number of amidine groups is 1. The van der Waals surface area contributed by atoms with E-state index < -0.39 is 0 Å². The number of aryl methyl sites for hydroxylation is 1. The van der Waals surface area contributed by atoms with Crippen LogP contribution >= 0.6 is 11.8 Å². The zero-order chi connectivity index (χ0) is 35.1. The number of carbonyl (C=O) groups excluding carboxylic acids is 2. The number of likely N-dealkylation sites (N-methyl/N-ethyl adjacent to an activating group) is 1. The molecule has 4 aliphatic rings. The first-order valence-electron chi connectivity index (χ1n) is 17.2. The van der Waals surface area contributed by atoms with Crippen LogP contribution in [-0.2, 0) is 9.59 Å². The summed E-state index contributed by atoms with van der Waals surface area (Å²) >= 11 is 1.80. The van der Waals surface area contributed by atoms with Crippen LogP contribution in [0.4, 0.5) is 5.69 Å². The molecule has 0 bridgehead atoms. The third-order valence-electron chi connectivity index (χ3n) is 9.14. The van der Waals surface area contributed by atoms with E-state index in [1.165, 1.54) is 16.9 Å². The molecule has 0 aromatic heterocycles. The number of carbonyl (C=O) groups is 2. The second-order valence-electron chi connectivity index (χ2n) is 12.9. The molecule has 11 nitrogen and oxygen atoms in total. The van der Waals surface area contributed by atoms with Crippen molar-refractivity contribution in [1.29, 1.82) is 5.41 Å². The Hall–Kier alpha value is -4.45. The van der Waals surface area contributed by atoms with Crippen molar-refractivity contribution in [3.8, 4) is 5.75 Å². The summed E-state index contributed by atoms with van der Waals surface area (Å²) in [5.41, 5.74) is 12.8. The maximum absolute atomic E-state index is 13.4. The first kappa shape index (κ1) is 35.8. The zero-order valence-corrected chi connectivity index (χ0v) is 30.1. The Morgan fingerprint density at radius 1 is 1.24 bits per heavy atom. The number of rotatable bonds is 15. The van der Waals surface area contributed by atoms with Crippen LogP contribution in [-0.4, -0.2) is 67.9 Å². The van der Waals surface area contributed by atoms with E-state index in [9.17, 15) is 9.59 Å². The molecular formula is C37H50N8O3S. The lowest BCUT2D eigenvalue weighted by molar-refractivity contribution is -0.126. The number of amides is 2. The molecule has 5 rings (SSSR count). The number of unbranched alkanes of at least 4 members (excludes halogenated alkanes) is 1. The molecule has 0 spiro atoms. The van der Waals surface area contributed by atoms with Crippen molar-refractivity contribution >= 4 is 46.4 Å². The molecule has 2 fully saturated rings. The minimum absolute atomic E-state index is 0.0477. The van der Waals surface area contributed by atoms with Crippen LogP contribution in [0.5, 0.6) is 5.75 Å². The van der Waals surface area contributed by atoms with Crippen molar-refractivity contribution in [2.24, 2.45) is 16.6 Å². The standard InChI is InChI=1S/C37H50N8O3S/c1-6-7-11-26-20-42-31(49-26)21-45(4)37(47)28-17-15-25(19-41-28)32-22(2)12-16-27(35(32)48-5)43-29(18-30(38)44-36(46)24-13-14-24)33(39)34(40-3)23-9-8-10-23/h12,15-18,20,24,31,39-43H,6-11,13-14,19,21H2,1-5H3,(H2,38,44,46)/b29-18+,39-33?. The summed E-state index contributed by atoms with van der Waals surface area (Å²) in [6.45, 7) is 5.23. The molecule has 0 saturated heterocycles. The van der Waals surface area contributed by atoms with E-state index in [1.807, 2.05) is 45.3 Å². The number of anilines is 1. The lowest BCUT2D eigenvalue weighted by Gasteiger charge is -2.26. The molecule has 12 heteroatoms. The lowest BCUT2D eigenvalue weighted by atomic mass is 9.88. The average Bonchev–Trinajstić information content (AvgIpc) is 3.84. The van der Waals surface area contributed by atoms with Gasteiger partial charge in [0.1, 0.15) is 23.0 Å². The maximum Gasteiger partial charge on any atom is 0.269 e. The van der Waals surface area contributed by atoms with Gasteiger partial charge in [-0.15, -0.1) is 11.8 Å². The van der Waals surface area contributed by atoms with Gasteiger partial charge in [-0.05, 0) is 80.7 Å². The van der Waals surface area contributed by atoms with Gasteiger partial charge >= 0.3 is 0 Å². The van der Waals surface area contributed by atoms with E-state index in [4.69, 9.17) is 15.9 Å². The van der Waals surface area contributed by atoms with Gasteiger partial charge in [0.2, 0.25) is 0 Å². The number of allylic oxidation sites excluding steroid dienone is 4. The molecule has 0 radical (unpaired) electrons. The summed E-state index contributed by atoms with van der Waals surface area (Å²) < 4.78 is 6.00. The molecule has 2 aliphatic carbocycles. The second-order valence-corrected chi connectivity index (χ2v) is 14.3. The number of nitrogens with one attached hydrogen (secondary N) is 5. The van der Waals surface area contributed by atoms with Crippen LogP contribution in [0.15, 0.2) is 69.1 Å². The Balaban J connectivity index is 1.37. The van der Waals surface area contributed by atoms with Crippen molar-refractivity contribution in [2.75, 3.05) is 39.6 Å². The van der Waals surface area contributed by atoms with E-state index in [2.05, 4.69) is 39.4 Å². The second kappa shape index (κ2) is 16.3. The molecule has 2 saturated carbocycles. The summed E-state index contributed by atoms with van der Waals surface area (Å²) in [5.74, 6) is 0.297. The topological polar surface area (TPSA) is 157 Å². The Labute approximate surface area is 294 Å². The van der Waals surface area contributed by atoms with Crippen molar-refractivity contribution in [3.63, 3.8) is 0 Å². The third-order valence-corrected chi connectivity index (χ3v) is 10.3. The fraction of sp³-hybridized carbons (Fsp3) is 0.459.